The predicted molar refractivity (Wildman–Crippen MR) is 130 cm³/mol. The van der Waals surface area contributed by atoms with E-state index in [1.807, 2.05) is 30.3 Å². The Hall–Kier alpha value is -4.39. The van der Waals surface area contributed by atoms with Gasteiger partial charge in [-0.2, -0.15) is 5.10 Å². The van der Waals surface area contributed by atoms with E-state index >= 15 is 0 Å². The number of nitrogens with one attached hydrogen (secondary N) is 1. The van der Waals surface area contributed by atoms with Crippen molar-refractivity contribution in [3.05, 3.63) is 94.5 Å². The number of fused-ring (bicyclic) bond motifs is 2. The molecule has 7 nitrogen and oxygen atoms in total. The Bertz CT molecular complexity index is 1480. The van der Waals surface area contributed by atoms with Gasteiger partial charge in [0.1, 0.15) is 0 Å². The number of amides is 1. The SMILES string of the molecule is C/C(=N\NC(=O)c1cccc(C(=O)O)c1)c1c(O)n(-c2ccc3c(c2)CCC3)c2ccccc12. The van der Waals surface area contributed by atoms with Crippen LogP contribution in [-0.2, 0) is 12.8 Å². The first kappa shape index (κ1) is 21.5. The van der Waals surface area contributed by atoms with Gasteiger partial charge in [-0.1, -0.05) is 30.3 Å². The topological polar surface area (TPSA) is 104 Å². The minimum Gasteiger partial charge on any atom is -0.494 e. The van der Waals surface area contributed by atoms with Crippen LogP contribution < -0.4 is 5.43 Å². The van der Waals surface area contributed by atoms with Gasteiger partial charge in [0.2, 0.25) is 5.88 Å². The van der Waals surface area contributed by atoms with E-state index in [0.717, 1.165) is 35.9 Å². The number of benzene rings is 3. The lowest BCUT2D eigenvalue weighted by atomic mass is 10.1. The Morgan fingerprint density at radius 3 is 2.53 bits per heavy atom. The Morgan fingerprint density at radius 2 is 1.71 bits per heavy atom. The number of para-hydroxylation sites is 1. The molecular weight excluding hydrogens is 430 g/mol. The highest BCUT2D eigenvalue weighted by Gasteiger charge is 2.21. The molecule has 5 rings (SSSR count). The van der Waals surface area contributed by atoms with Crippen molar-refractivity contribution in [3.63, 3.8) is 0 Å². The summed E-state index contributed by atoms with van der Waals surface area (Å²) in [5.74, 6) is -1.61. The van der Waals surface area contributed by atoms with E-state index in [9.17, 15) is 14.7 Å². The molecular formula is C27H23N3O4. The zero-order chi connectivity index (χ0) is 23.8. The average Bonchev–Trinajstić information content (AvgIpc) is 3.43. The van der Waals surface area contributed by atoms with Crippen molar-refractivity contribution in [1.29, 1.82) is 0 Å². The maximum Gasteiger partial charge on any atom is 0.335 e. The average molecular weight is 453 g/mol. The number of carbonyl (C=O) groups is 2. The van der Waals surface area contributed by atoms with E-state index in [-0.39, 0.29) is 17.0 Å². The normalized spacial score (nSPS) is 13.1. The molecule has 34 heavy (non-hydrogen) atoms. The monoisotopic (exact) mass is 453 g/mol. The van der Waals surface area contributed by atoms with Crippen LogP contribution in [0.4, 0.5) is 0 Å². The van der Waals surface area contributed by atoms with Crippen molar-refractivity contribution >= 4 is 28.5 Å². The first-order chi connectivity index (χ1) is 16.4. The molecule has 3 N–H and O–H groups in total. The zero-order valence-corrected chi connectivity index (χ0v) is 18.6. The van der Waals surface area contributed by atoms with Crippen molar-refractivity contribution in [2.75, 3.05) is 0 Å². The van der Waals surface area contributed by atoms with Gasteiger partial charge in [-0.05, 0) is 73.7 Å². The number of carboxylic acids is 1. The van der Waals surface area contributed by atoms with Gasteiger partial charge >= 0.3 is 5.97 Å². The van der Waals surface area contributed by atoms with Crippen molar-refractivity contribution in [3.8, 4) is 11.6 Å². The van der Waals surface area contributed by atoms with Crippen LogP contribution in [0.5, 0.6) is 5.88 Å². The number of hydrogen-bond acceptors (Lipinski definition) is 4. The molecule has 0 atom stereocenters. The second-order valence-corrected chi connectivity index (χ2v) is 8.38. The Balaban J connectivity index is 1.52. The van der Waals surface area contributed by atoms with Crippen molar-refractivity contribution < 1.29 is 19.8 Å². The third-order valence-electron chi connectivity index (χ3n) is 6.25. The smallest absolute Gasteiger partial charge is 0.335 e. The molecule has 0 unspecified atom stereocenters. The Kier molecular flexibility index (Phi) is 5.37. The van der Waals surface area contributed by atoms with Crippen LogP contribution in [-0.4, -0.2) is 32.4 Å². The fourth-order valence-electron chi connectivity index (χ4n) is 4.59. The molecule has 1 aromatic heterocycles. The molecule has 0 aliphatic heterocycles. The van der Waals surface area contributed by atoms with Gasteiger partial charge in [-0.3, -0.25) is 9.36 Å². The summed E-state index contributed by atoms with van der Waals surface area (Å²) in [6, 6.07) is 19.7. The van der Waals surface area contributed by atoms with Crippen LogP contribution in [0.3, 0.4) is 0 Å². The molecule has 1 aliphatic rings. The van der Waals surface area contributed by atoms with Crippen molar-refractivity contribution in [1.82, 2.24) is 9.99 Å². The quantitative estimate of drug-likeness (QED) is 0.302. The lowest BCUT2D eigenvalue weighted by molar-refractivity contribution is 0.0697. The largest absolute Gasteiger partial charge is 0.494 e. The molecule has 1 amide bonds. The molecule has 0 fully saturated rings. The fraction of sp³-hybridized carbons (Fsp3) is 0.148. The number of aryl methyl sites for hydroxylation is 2. The van der Waals surface area contributed by atoms with Gasteiger partial charge in [0.25, 0.3) is 5.91 Å². The van der Waals surface area contributed by atoms with Crippen LogP contribution in [0.25, 0.3) is 16.6 Å². The van der Waals surface area contributed by atoms with E-state index in [1.165, 1.54) is 35.4 Å². The van der Waals surface area contributed by atoms with Gasteiger partial charge in [-0.25, -0.2) is 10.2 Å². The van der Waals surface area contributed by atoms with Crippen molar-refractivity contribution in [2.45, 2.75) is 26.2 Å². The summed E-state index contributed by atoms with van der Waals surface area (Å²) in [6.07, 6.45) is 3.26. The van der Waals surface area contributed by atoms with Crippen LogP contribution >= 0.6 is 0 Å². The standard InChI is InChI=1S/C27H23N3O4/c1-16(28-29-25(31)19-8-5-9-20(14-19)27(33)34)24-22-10-2-3-11-23(22)30(26(24)32)21-13-12-17-6-4-7-18(17)15-21/h2-3,5,8-15,32H,4,6-7H2,1H3,(H,29,31)(H,33,34)/b28-16+. The van der Waals surface area contributed by atoms with Gasteiger partial charge in [-0.15, -0.1) is 0 Å². The minimum absolute atomic E-state index is 0.0170. The van der Waals surface area contributed by atoms with Crippen LogP contribution in [0, 0.1) is 0 Å². The molecule has 0 spiro atoms. The first-order valence-corrected chi connectivity index (χ1v) is 11.1. The number of nitrogens with zero attached hydrogens (tertiary/aromatic N) is 2. The van der Waals surface area contributed by atoms with E-state index in [0.29, 0.717) is 11.3 Å². The molecule has 0 saturated heterocycles. The summed E-state index contributed by atoms with van der Waals surface area (Å²) in [7, 11) is 0. The summed E-state index contributed by atoms with van der Waals surface area (Å²) in [5.41, 5.74) is 7.99. The van der Waals surface area contributed by atoms with Crippen molar-refractivity contribution in [2.24, 2.45) is 5.10 Å². The minimum atomic E-state index is -1.11. The summed E-state index contributed by atoms with van der Waals surface area (Å²) < 4.78 is 1.81. The number of aromatic carboxylic acids is 1. The molecule has 4 aromatic rings. The molecule has 3 aromatic carbocycles. The molecule has 0 saturated carbocycles. The fourth-order valence-corrected chi connectivity index (χ4v) is 4.59. The molecule has 0 bridgehead atoms. The second kappa shape index (κ2) is 8.51. The highest BCUT2D eigenvalue weighted by Crippen LogP contribution is 2.36. The zero-order valence-electron chi connectivity index (χ0n) is 18.6. The number of hydrogen-bond donors (Lipinski definition) is 3. The molecule has 170 valence electrons. The number of aromatic nitrogens is 1. The van der Waals surface area contributed by atoms with E-state index in [2.05, 4.69) is 22.7 Å². The van der Waals surface area contributed by atoms with E-state index in [1.54, 1.807) is 11.5 Å². The Morgan fingerprint density at radius 1 is 0.941 bits per heavy atom. The van der Waals surface area contributed by atoms with Crippen LogP contribution in [0.15, 0.2) is 71.8 Å². The summed E-state index contributed by atoms with van der Waals surface area (Å²) in [5, 5.41) is 25.4. The molecule has 7 heteroatoms. The third-order valence-corrected chi connectivity index (χ3v) is 6.25. The van der Waals surface area contributed by atoms with E-state index < -0.39 is 11.9 Å². The number of aromatic hydroxyl groups is 1. The summed E-state index contributed by atoms with van der Waals surface area (Å²) in [6.45, 7) is 1.71. The maximum absolute atomic E-state index is 12.6. The lowest BCUT2D eigenvalue weighted by Crippen LogP contribution is -2.19. The Labute approximate surface area is 196 Å². The second-order valence-electron chi connectivity index (χ2n) is 8.38. The summed E-state index contributed by atoms with van der Waals surface area (Å²) in [4.78, 5) is 23.7. The number of hydrazone groups is 1. The number of carboxylic acid groups (broad SMARTS) is 1. The van der Waals surface area contributed by atoms with Crippen LogP contribution in [0.1, 0.15) is 50.8 Å². The van der Waals surface area contributed by atoms with Gasteiger partial charge in [0, 0.05) is 16.6 Å². The number of carbonyl (C=O) groups excluding carboxylic acids is 1. The highest BCUT2D eigenvalue weighted by molar-refractivity contribution is 6.13. The molecule has 1 heterocycles. The third kappa shape index (κ3) is 3.71. The summed E-state index contributed by atoms with van der Waals surface area (Å²) >= 11 is 0. The van der Waals surface area contributed by atoms with Gasteiger partial charge in [0.05, 0.1) is 22.4 Å². The highest BCUT2D eigenvalue weighted by atomic mass is 16.4. The molecule has 1 aliphatic carbocycles. The van der Waals surface area contributed by atoms with E-state index in [4.69, 9.17) is 5.11 Å². The maximum atomic E-state index is 12.6. The number of rotatable bonds is 5. The van der Waals surface area contributed by atoms with Gasteiger partial charge < -0.3 is 10.2 Å². The lowest BCUT2D eigenvalue weighted by Gasteiger charge is -2.10. The van der Waals surface area contributed by atoms with Gasteiger partial charge in [0.15, 0.2) is 0 Å². The first-order valence-electron chi connectivity index (χ1n) is 11.1. The predicted octanol–water partition coefficient (Wildman–Crippen LogP) is 4.68. The van der Waals surface area contributed by atoms with Crippen LogP contribution in [0.2, 0.25) is 0 Å². The molecule has 0 radical (unpaired) electrons.